The van der Waals surface area contributed by atoms with Gasteiger partial charge in [0.2, 0.25) is 5.91 Å². The summed E-state index contributed by atoms with van der Waals surface area (Å²) in [7, 11) is 0. The molecule has 5 nitrogen and oxygen atoms in total. The lowest BCUT2D eigenvalue weighted by Crippen LogP contribution is -2.34. The Balaban J connectivity index is 0.00000288. The van der Waals surface area contributed by atoms with Crippen LogP contribution in [0.2, 0.25) is 0 Å². The van der Waals surface area contributed by atoms with Gasteiger partial charge in [0.1, 0.15) is 5.82 Å². The number of hydrogen-bond acceptors (Lipinski definition) is 3. The summed E-state index contributed by atoms with van der Waals surface area (Å²) in [6.45, 7) is 9.87. The monoisotopic (exact) mass is 350 g/mol. The standard InChI is InChI=1S/C18H26N4O.ClH/c1-11(2)16-10-17(20-18(23)13(4)14(5)19)22(21-16)15-8-6-12(3)7-9-15;/h6-11,13-14H,19H2,1-5H3,(H,20,23);1H. The molecule has 1 amide bonds. The van der Waals surface area contributed by atoms with Crippen LogP contribution in [0.25, 0.3) is 5.69 Å². The van der Waals surface area contributed by atoms with E-state index in [4.69, 9.17) is 5.73 Å². The SMILES string of the molecule is Cc1ccc(-n2nc(C(C)C)cc2NC(=O)C(C)C(C)N)cc1.Cl. The maximum absolute atomic E-state index is 12.3. The van der Waals surface area contributed by atoms with Gasteiger partial charge in [-0.2, -0.15) is 5.10 Å². The fourth-order valence-electron chi connectivity index (χ4n) is 2.13. The quantitative estimate of drug-likeness (QED) is 0.864. The molecule has 2 aromatic rings. The number of nitrogens with one attached hydrogen (secondary N) is 1. The molecule has 2 atom stereocenters. The number of aryl methyl sites for hydroxylation is 1. The number of rotatable bonds is 5. The number of anilines is 1. The van der Waals surface area contributed by atoms with E-state index in [0.29, 0.717) is 5.82 Å². The molecule has 1 aromatic carbocycles. The number of nitrogens with zero attached hydrogens (tertiary/aromatic N) is 2. The molecule has 0 radical (unpaired) electrons. The van der Waals surface area contributed by atoms with Crippen LogP contribution in [0, 0.1) is 12.8 Å². The molecule has 0 saturated heterocycles. The minimum Gasteiger partial charge on any atom is -0.327 e. The lowest BCUT2D eigenvalue weighted by molar-refractivity contribution is -0.119. The van der Waals surface area contributed by atoms with E-state index >= 15 is 0 Å². The van der Waals surface area contributed by atoms with E-state index in [1.165, 1.54) is 5.56 Å². The molecule has 0 aliphatic carbocycles. The van der Waals surface area contributed by atoms with Crippen molar-refractivity contribution in [3.8, 4) is 5.69 Å². The average Bonchev–Trinajstić information content (AvgIpc) is 2.91. The van der Waals surface area contributed by atoms with Gasteiger partial charge in [-0.05, 0) is 31.9 Å². The first-order valence-corrected chi connectivity index (χ1v) is 8.03. The van der Waals surface area contributed by atoms with Gasteiger partial charge in [-0.1, -0.05) is 38.5 Å². The second-order valence-corrected chi connectivity index (χ2v) is 6.49. The Morgan fingerprint density at radius 1 is 1.17 bits per heavy atom. The number of halogens is 1. The Kier molecular flexibility index (Phi) is 6.99. The smallest absolute Gasteiger partial charge is 0.229 e. The van der Waals surface area contributed by atoms with Crippen LogP contribution in [-0.2, 0) is 4.79 Å². The molecule has 0 bridgehead atoms. The van der Waals surface area contributed by atoms with E-state index < -0.39 is 0 Å². The van der Waals surface area contributed by atoms with E-state index in [0.717, 1.165) is 11.4 Å². The highest BCUT2D eigenvalue weighted by Crippen LogP contribution is 2.23. The Labute approximate surface area is 150 Å². The zero-order valence-electron chi connectivity index (χ0n) is 14.9. The summed E-state index contributed by atoms with van der Waals surface area (Å²) in [5.41, 5.74) is 8.87. The van der Waals surface area contributed by atoms with Crippen molar-refractivity contribution in [3.63, 3.8) is 0 Å². The Hall–Kier alpha value is -1.85. The first-order valence-electron chi connectivity index (χ1n) is 8.03. The van der Waals surface area contributed by atoms with Crippen molar-refractivity contribution in [2.75, 3.05) is 5.32 Å². The number of amides is 1. The number of hydrogen-bond donors (Lipinski definition) is 2. The minimum atomic E-state index is -0.265. The molecule has 2 rings (SSSR count). The van der Waals surface area contributed by atoms with Crippen LogP contribution >= 0.6 is 12.4 Å². The summed E-state index contributed by atoms with van der Waals surface area (Å²) >= 11 is 0. The molecule has 3 N–H and O–H groups in total. The third kappa shape index (κ3) is 4.58. The average molecular weight is 351 g/mol. The summed E-state index contributed by atoms with van der Waals surface area (Å²) < 4.78 is 1.78. The molecule has 0 aliphatic rings. The second-order valence-electron chi connectivity index (χ2n) is 6.49. The molecule has 1 aromatic heterocycles. The highest BCUT2D eigenvalue weighted by atomic mass is 35.5. The van der Waals surface area contributed by atoms with Crippen molar-refractivity contribution in [2.45, 2.75) is 46.6 Å². The number of nitrogens with two attached hydrogens (primary N) is 1. The van der Waals surface area contributed by atoms with Gasteiger partial charge in [0.25, 0.3) is 0 Å². The normalized spacial score (nSPS) is 13.3. The predicted octanol–water partition coefficient (Wildman–Crippen LogP) is 3.65. The Morgan fingerprint density at radius 3 is 2.25 bits per heavy atom. The number of carbonyl (C=O) groups is 1. The van der Waals surface area contributed by atoms with Crippen LogP contribution in [0.4, 0.5) is 5.82 Å². The van der Waals surface area contributed by atoms with Gasteiger partial charge < -0.3 is 11.1 Å². The summed E-state index contributed by atoms with van der Waals surface area (Å²) in [5.74, 6) is 0.598. The van der Waals surface area contributed by atoms with Crippen LogP contribution in [0.3, 0.4) is 0 Å². The fraction of sp³-hybridized carbons (Fsp3) is 0.444. The van der Waals surface area contributed by atoms with Crippen LogP contribution < -0.4 is 11.1 Å². The maximum Gasteiger partial charge on any atom is 0.229 e. The van der Waals surface area contributed by atoms with Crippen molar-refractivity contribution in [2.24, 2.45) is 11.7 Å². The fourth-order valence-corrected chi connectivity index (χ4v) is 2.13. The topological polar surface area (TPSA) is 72.9 Å². The van der Waals surface area contributed by atoms with E-state index in [2.05, 4.69) is 24.3 Å². The Bertz CT molecular complexity index is 677. The molecule has 0 spiro atoms. The predicted molar refractivity (Wildman–Crippen MR) is 101 cm³/mol. The third-order valence-corrected chi connectivity index (χ3v) is 4.05. The lowest BCUT2D eigenvalue weighted by Gasteiger charge is -2.16. The van der Waals surface area contributed by atoms with Crippen molar-refractivity contribution < 1.29 is 4.79 Å². The summed E-state index contributed by atoms with van der Waals surface area (Å²) in [5, 5.41) is 7.60. The molecule has 0 saturated carbocycles. The van der Waals surface area contributed by atoms with E-state index in [-0.39, 0.29) is 36.2 Å². The maximum atomic E-state index is 12.3. The van der Waals surface area contributed by atoms with Gasteiger partial charge in [-0.15, -0.1) is 12.4 Å². The highest BCUT2D eigenvalue weighted by Gasteiger charge is 2.20. The van der Waals surface area contributed by atoms with Crippen LogP contribution in [0.5, 0.6) is 0 Å². The van der Waals surface area contributed by atoms with Gasteiger partial charge in [0.15, 0.2) is 0 Å². The van der Waals surface area contributed by atoms with Crippen LogP contribution in [0.15, 0.2) is 30.3 Å². The molecule has 0 fully saturated rings. The molecule has 2 unspecified atom stereocenters. The van der Waals surface area contributed by atoms with Gasteiger partial charge in [-0.3, -0.25) is 4.79 Å². The number of aromatic nitrogens is 2. The molecule has 6 heteroatoms. The number of carbonyl (C=O) groups excluding carboxylic acids is 1. The lowest BCUT2D eigenvalue weighted by atomic mass is 10.0. The van der Waals surface area contributed by atoms with Gasteiger partial charge in [0, 0.05) is 12.1 Å². The first kappa shape index (κ1) is 20.2. The van der Waals surface area contributed by atoms with Gasteiger partial charge in [-0.25, -0.2) is 4.68 Å². The summed E-state index contributed by atoms with van der Waals surface area (Å²) in [4.78, 5) is 12.3. The van der Waals surface area contributed by atoms with Crippen LogP contribution in [0.1, 0.15) is 44.9 Å². The van der Waals surface area contributed by atoms with Crippen molar-refractivity contribution in [3.05, 3.63) is 41.6 Å². The van der Waals surface area contributed by atoms with E-state index in [1.54, 1.807) is 4.68 Å². The van der Waals surface area contributed by atoms with Crippen LogP contribution in [-0.4, -0.2) is 21.7 Å². The number of benzene rings is 1. The molecular formula is C18H27ClN4O. The molecule has 24 heavy (non-hydrogen) atoms. The first-order chi connectivity index (χ1) is 10.8. The highest BCUT2D eigenvalue weighted by molar-refractivity contribution is 5.92. The molecule has 1 heterocycles. The van der Waals surface area contributed by atoms with Gasteiger partial charge >= 0.3 is 0 Å². The summed E-state index contributed by atoms with van der Waals surface area (Å²) in [6.07, 6.45) is 0. The minimum absolute atomic E-state index is 0. The third-order valence-electron chi connectivity index (χ3n) is 4.05. The molecule has 0 aliphatic heterocycles. The molecular weight excluding hydrogens is 324 g/mol. The summed E-state index contributed by atoms with van der Waals surface area (Å²) in [6, 6.07) is 9.78. The largest absolute Gasteiger partial charge is 0.327 e. The Morgan fingerprint density at radius 2 is 1.75 bits per heavy atom. The zero-order chi connectivity index (χ0) is 17.1. The van der Waals surface area contributed by atoms with Crippen molar-refractivity contribution >= 4 is 24.1 Å². The van der Waals surface area contributed by atoms with E-state index in [1.807, 2.05) is 51.1 Å². The second kappa shape index (κ2) is 8.31. The molecule has 132 valence electrons. The van der Waals surface area contributed by atoms with Crippen molar-refractivity contribution in [1.82, 2.24) is 9.78 Å². The van der Waals surface area contributed by atoms with E-state index in [9.17, 15) is 4.79 Å². The zero-order valence-corrected chi connectivity index (χ0v) is 15.7. The van der Waals surface area contributed by atoms with Crippen molar-refractivity contribution in [1.29, 1.82) is 0 Å². The van der Waals surface area contributed by atoms with Gasteiger partial charge in [0.05, 0.1) is 17.3 Å².